The number of rotatable bonds is 9. The minimum absolute atomic E-state index is 0. The Labute approximate surface area is 169 Å². The fourth-order valence-electron chi connectivity index (χ4n) is 2.56. The van der Waals surface area contributed by atoms with Gasteiger partial charge in [0.1, 0.15) is 0 Å². The number of carbonyl (C=O) groups is 1. The molecule has 0 aromatic heterocycles. The number of guanidine groups is 1. The molecule has 0 saturated carbocycles. The molecule has 0 spiro atoms. The zero-order valence-electron chi connectivity index (χ0n) is 16.1. The molecule has 2 N–H and O–H groups in total. The average Bonchev–Trinajstić information content (AvgIpc) is 2.57. The Bertz CT molecular complexity index is 399. The lowest BCUT2D eigenvalue weighted by Gasteiger charge is -2.39. The fourth-order valence-corrected chi connectivity index (χ4v) is 2.56. The molecule has 0 radical (unpaired) electrons. The van der Waals surface area contributed by atoms with Crippen LogP contribution in [0.25, 0.3) is 0 Å². The van der Waals surface area contributed by atoms with Gasteiger partial charge in [0.15, 0.2) is 5.96 Å². The predicted octanol–water partition coefficient (Wildman–Crippen LogP) is 1.61. The summed E-state index contributed by atoms with van der Waals surface area (Å²) in [5, 5.41) is 6.53. The molecule has 0 aliphatic carbocycles. The second-order valence-electron chi connectivity index (χ2n) is 6.44. The van der Waals surface area contributed by atoms with Gasteiger partial charge in [-0.15, -0.1) is 24.0 Å². The lowest BCUT2D eigenvalue weighted by Crippen LogP contribution is -2.52. The van der Waals surface area contributed by atoms with E-state index in [-0.39, 0.29) is 35.5 Å². The first-order chi connectivity index (χ1) is 11.5. The Kier molecular flexibility index (Phi) is 13.2. The summed E-state index contributed by atoms with van der Waals surface area (Å²) in [5.41, 5.74) is -0.00291. The summed E-state index contributed by atoms with van der Waals surface area (Å²) in [5.74, 6) is 0.650. The standard InChI is InChI=1S/C17H34N4O3.HI/c1-5-18-16(19-9-7-8-15(22)24-6-2)20-14-17(3,4)21-10-12-23-13-11-21;/h5-14H2,1-4H3,(H2,18,19,20);1H. The van der Waals surface area contributed by atoms with Gasteiger partial charge in [-0.25, -0.2) is 0 Å². The van der Waals surface area contributed by atoms with E-state index in [1.807, 2.05) is 13.8 Å². The van der Waals surface area contributed by atoms with Crippen LogP contribution in [-0.2, 0) is 14.3 Å². The van der Waals surface area contributed by atoms with Crippen LogP contribution < -0.4 is 10.6 Å². The Morgan fingerprint density at radius 3 is 2.52 bits per heavy atom. The van der Waals surface area contributed by atoms with Crippen molar-refractivity contribution in [2.75, 3.05) is 52.5 Å². The Morgan fingerprint density at radius 2 is 1.92 bits per heavy atom. The summed E-state index contributed by atoms with van der Waals surface area (Å²) < 4.78 is 10.3. The van der Waals surface area contributed by atoms with Crippen LogP contribution in [-0.4, -0.2) is 74.9 Å². The quantitative estimate of drug-likeness (QED) is 0.175. The highest BCUT2D eigenvalue weighted by atomic mass is 127. The molecule has 0 amide bonds. The molecule has 1 heterocycles. The average molecular weight is 470 g/mol. The van der Waals surface area contributed by atoms with E-state index in [9.17, 15) is 4.79 Å². The van der Waals surface area contributed by atoms with Crippen molar-refractivity contribution in [3.8, 4) is 0 Å². The van der Waals surface area contributed by atoms with Crippen LogP contribution in [0.2, 0.25) is 0 Å². The SMILES string of the molecule is CCNC(=NCC(C)(C)N1CCOCC1)NCCCC(=O)OCC.I. The Balaban J connectivity index is 0.00000576. The van der Waals surface area contributed by atoms with Crippen molar-refractivity contribution in [3.05, 3.63) is 0 Å². The zero-order chi connectivity index (χ0) is 17.8. The van der Waals surface area contributed by atoms with Gasteiger partial charge >= 0.3 is 5.97 Å². The van der Waals surface area contributed by atoms with Crippen molar-refractivity contribution < 1.29 is 14.3 Å². The summed E-state index contributed by atoms with van der Waals surface area (Å²) in [6.07, 6.45) is 1.16. The van der Waals surface area contributed by atoms with Gasteiger partial charge in [0, 0.05) is 38.1 Å². The maximum absolute atomic E-state index is 11.3. The van der Waals surface area contributed by atoms with Crippen LogP contribution in [0, 0.1) is 0 Å². The van der Waals surface area contributed by atoms with Crippen molar-refractivity contribution in [1.29, 1.82) is 0 Å². The molecule has 25 heavy (non-hydrogen) atoms. The highest BCUT2D eigenvalue weighted by molar-refractivity contribution is 14.0. The second kappa shape index (κ2) is 13.6. The molecule has 1 saturated heterocycles. The number of morpholine rings is 1. The molecule has 148 valence electrons. The summed E-state index contributed by atoms with van der Waals surface area (Å²) in [6.45, 7) is 14.4. The number of ether oxygens (including phenoxy) is 2. The summed E-state index contributed by atoms with van der Waals surface area (Å²) in [6, 6.07) is 0. The van der Waals surface area contributed by atoms with Gasteiger partial charge in [-0.05, 0) is 34.1 Å². The van der Waals surface area contributed by atoms with E-state index in [4.69, 9.17) is 14.5 Å². The molecule has 1 rings (SSSR count). The first kappa shape index (κ1) is 24.4. The Hall–Kier alpha value is -0.610. The number of carbonyl (C=O) groups excluding carboxylic acids is 1. The molecule has 7 nitrogen and oxygen atoms in total. The first-order valence-electron chi connectivity index (χ1n) is 9.00. The third-order valence-corrected chi connectivity index (χ3v) is 3.99. The number of nitrogens with one attached hydrogen (secondary N) is 2. The largest absolute Gasteiger partial charge is 0.466 e. The number of nitrogens with zero attached hydrogens (tertiary/aromatic N) is 2. The molecule has 0 aromatic carbocycles. The van der Waals surface area contributed by atoms with Gasteiger partial charge < -0.3 is 20.1 Å². The van der Waals surface area contributed by atoms with Gasteiger partial charge in [-0.1, -0.05) is 0 Å². The number of halogens is 1. The first-order valence-corrected chi connectivity index (χ1v) is 9.00. The third kappa shape index (κ3) is 10.2. The maximum atomic E-state index is 11.3. The minimum Gasteiger partial charge on any atom is -0.466 e. The van der Waals surface area contributed by atoms with Gasteiger partial charge in [0.2, 0.25) is 0 Å². The van der Waals surface area contributed by atoms with Gasteiger partial charge in [0.25, 0.3) is 0 Å². The van der Waals surface area contributed by atoms with E-state index in [2.05, 4.69) is 29.4 Å². The highest BCUT2D eigenvalue weighted by Gasteiger charge is 2.28. The number of hydrogen-bond donors (Lipinski definition) is 2. The van der Waals surface area contributed by atoms with Crippen molar-refractivity contribution in [2.24, 2.45) is 4.99 Å². The summed E-state index contributed by atoms with van der Waals surface area (Å²) in [7, 11) is 0. The molecule has 0 unspecified atom stereocenters. The third-order valence-electron chi connectivity index (χ3n) is 3.99. The summed E-state index contributed by atoms with van der Waals surface area (Å²) >= 11 is 0. The Morgan fingerprint density at radius 1 is 1.24 bits per heavy atom. The second-order valence-corrected chi connectivity index (χ2v) is 6.44. The smallest absolute Gasteiger partial charge is 0.305 e. The van der Waals surface area contributed by atoms with Gasteiger partial charge in [-0.2, -0.15) is 0 Å². The van der Waals surface area contributed by atoms with Crippen molar-refractivity contribution in [3.63, 3.8) is 0 Å². The van der Waals surface area contributed by atoms with E-state index in [1.165, 1.54) is 0 Å². The van der Waals surface area contributed by atoms with E-state index in [0.29, 0.717) is 26.1 Å². The van der Waals surface area contributed by atoms with Crippen LogP contribution in [0.4, 0.5) is 0 Å². The number of esters is 1. The normalized spacial score (nSPS) is 16.1. The van der Waals surface area contributed by atoms with Crippen LogP contribution in [0.5, 0.6) is 0 Å². The molecule has 1 aliphatic heterocycles. The highest BCUT2D eigenvalue weighted by Crippen LogP contribution is 2.16. The number of hydrogen-bond acceptors (Lipinski definition) is 5. The van der Waals surface area contributed by atoms with Crippen LogP contribution >= 0.6 is 24.0 Å². The van der Waals surface area contributed by atoms with Crippen LogP contribution in [0.3, 0.4) is 0 Å². The van der Waals surface area contributed by atoms with Crippen molar-refractivity contribution in [2.45, 2.75) is 46.1 Å². The van der Waals surface area contributed by atoms with Crippen molar-refractivity contribution in [1.82, 2.24) is 15.5 Å². The number of aliphatic imine (C=N–C) groups is 1. The zero-order valence-corrected chi connectivity index (χ0v) is 18.4. The van der Waals surface area contributed by atoms with E-state index < -0.39 is 0 Å². The monoisotopic (exact) mass is 470 g/mol. The molecular weight excluding hydrogens is 435 g/mol. The molecule has 0 aromatic rings. The molecule has 0 bridgehead atoms. The molecular formula is C17H35IN4O3. The van der Waals surface area contributed by atoms with Gasteiger partial charge in [-0.3, -0.25) is 14.7 Å². The van der Waals surface area contributed by atoms with Crippen LogP contribution in [0.15, 0.2) is 4.99 Å². The topological polar surface area (TPSA) is 75.2 Å². The lowest BCUT2D eigenvalue weighted by atomic mass is 10.0. The fraction of sp³-hybridized carbons (Fsp3) is 0.882. The predicted molar refractivity (Wildman–Crippen MR) is 112 cm³/mol. The van der Waals surface area contributed by atoms with E-state index >= 15 is 0 Å². The van der Waals surface area contributed by atoms with Gasteiger partial charge in [0.05, 0.1) is 26.4 Å². The van der Waals surface area contributed by atoms with Crippen LogP contribution in [0.1, 0.15) is 40.5 Å². The lowest BCUT2D eigenvalue weighted by molar-refractivity contribution is -0.143. The van der Waals surface area contributed by atoms with E-state index in [0.717, 1.165) is 45.2 Å². The summed E-state index contributed by atoms with van der Waals surface area (Å²) in [4.78, 5) is 18.5. The minimum atomic E-state index is -0.144. The molecule has 8 heteroatoms. The van der Waals surface area contributed by atoms with E-state index in [1.54, 1.807) is 0 Å². The maximum Gasteiger partial charge on any atom is 0.305 e. The molecule has 1 aliphatic rings. The molecule has 1 fully saturated rings. The molecule has 0 atom stereocenters. The van der Waals surface area contributed by atoms with Crippen molar-refractivity contribution >= 4 is 35.9 Å².